The van der Waals surface area contributed by atoms with Gasteiger partial charge in [0.15, 0.2) is 0 Å². The normalized spacial score (nSPS) is 12.9. The smallest absolute Gasteiger partial charge is 0.338 e. The van der Waals surface area contributed by atoms with Crippen LogP contribution in [0.5, 0.6) is 0 Å². The molecule has 0 aromatic heterocycles. The first-order valence-electron chi connectivity index (χ1n) is 8.67. The quantitative estimate of drug-likeness (QED) is 0.393. The second-order valence-electron chi connectivity index (χ2n) is 6.68. The van der Waals surface area contributed by atoms with E-state index in [4.69, 9.17) is 14.2 Å². The molecule has 27 heavy (non-hydrogen) atoms. The third-order valence-electron chi connectivity index (χ3n) is 3.99. The van der Waals surface area contributed by atoms with Crippen molar-refractivity contribution in [3.05, 3.63) is 77.4 Å². The summed E-state index contributed by atoms with van der Waals surface area (Å²) < 4.78 is 15.7. The minimum absolute atomic E-state index is 0.0534. The highest BCUT2D eigenvalue weighted by atomic mass is 32.1. The van der Waals surface area contributed by atoms with Gasteiger partial charge in [0.25, 0.3) is 0 Å². The first kappa shape index (κ1) is 21.1. The molecule has 0 spiro atoms. The molecule has 0 aliphatic rings. The number of thiol groups is 1. The summed E-state index contributed by atoms with van der Waals surface area (Å²) in [4.78, 5) is 12.3. The van der Waals surface area contributed by atoms with Crippen LogP contribution in [0.2, 0.25) is 0 Å². The number of rotatable bonds is 9. The zero-order valence-electron chi connectivity index (χ0n) is 16.0. The minimum Gasteiger partial charge on any atom is -0.492 e. The molecule has 0 saturated carbocycles. The fourth-order valence-corrected chi connectivity index (χ4v) is 2.83. The van der Waals surface area contributed by atoms with Crippen molar-refractivity contribution in [1.82, 2.24) is 0 Å². The van der Waals surface area contributed by atoms with Crippen LogP contribution in [0.3, 0.4) is 0 Å². The molecule has 144 valence electrons. The first-order valence-corrected chi connectivity index (χ1v) is 9.11. The maximum Gasteiger partial charge on any atom is 0.338 e. The Morgan fingerprint density at radius 2 is 1.52 bits per heavy atom. The Bertz CT molecular complexity index is 739. The standard InChI is InChI=1S/C22H26O4S/c1-16-7-5-9-19(11-16)18(3)25-14-22(27,13-24-4)15-26-21(23)20-10-6-8-17(2)12-20/h5-12,27H,3,13-15H2,1-2,4H3. The van der Waals surface area contributed by atoms with Crippen molar-refractivity contribution in [2.75, 3.05) is 26.9 Å². The minimum atomic E-state index is -0.791. The topological polar surface area (TPSA) is 44.8 Å². The monoisotopic (exact) mass is 386 g/mol. The summed E-state index contributed by atoms with van der Waals surface area (Å²) in [5.74, 6) is 0.143. The molecule has 0 heterocycles. The molecule has 1 unspecified atom stereocenters. The molecule has 2 aromatic carbocycles. The van der Waals surface area contributed by atoms with Crippen molar-refractivity contribution in [2.45, 2.75) is 18.6 Å². The lowest BCUT2D eigenvalue weighted by molar-refractivity contribution is 0.0329. The van der Waals surface area contributed by atoms with Gasteiger partial charge in [0.1, 0.15) is 23.7 Å². The number of hydrogen-bond donors (Lipinski definition) is 1. The van der Waals surface area contributed by atoms with Crippen LogP contribution in [0.15, 0.2) is 55.1 Å². The molecule has 0 amide bonds. The maximum absolute atomic E-state index is 12.3. The van der Waals surface area contributed by atoms with Crippen LogP contribution < -0.4 is 0 Å². The Morgan fingerprint density at radius 1 is 0.963 bits per heavy atom. The van der Waals surface area contributed by atoms with Gasteiger partial charge in [-0.2, -0.15) is 12.6 Å². The Balaban J connectivity index is 1.97. The molecule has 4 nitrogen and oxygen atoms in total. The number of ether oxygens (including phenoxy) is 3. The fourth-order valence-electron chi connectivity index (χ4n) is 2.57. The number of carbonyl (C=O) groups is 1. The predicted molar refractivity (Wildman–Crippen MR) is 111 cm³/mol. The van der Waals surface area contributed by atoms with Crippen molar-refractivity contribution in [3.63, 3.8) is 0 Å². The summed E-state index contributed by atoms with van der Waals surface area (Å²) >= 11 is 4.65. The van der Waals surface area contributed by atoms with Gasteiger partial charge in [-0.3, -0.25) is 0 Å². The van der Waals surface area contributed by atoms with Crippen LogP contribution in [0.4, 0.5) is 0 Å². The lowest BCUT2D eigenvalue weighted by Crippen LogP contribution is -2.39. The van der Waals surface area contributed by atoms with Crippen LogP contribution in [-0.2, 0) is 14.2 Å². The van der Waals surface area contributed by atoms with E-state index < -0.39 is 10.7 Å². The molecule has 0 aliphatic carbocycles. The molecular weight excluding hydrogens is 360 g/mol. The van der Waals surface area contributed by atoms with Crippen LogP contribution in [0.25, 0.3) is 5.76 Å². The molecule has 0 aliphatic heterocycles. The van der Waals surface area contributed by atoms with Gasteiger partial charge in [-0.05, 0) is 32.0 Å². The van der Waals surface area contributed by atoms with Crippen molar-refractivity contribution >= 4 is 24.4 Å². The second kappa shape index (κ2) is 9.62. The van der Waals surface area contributed by atoms with E-state index >= 15 is 0 Å². The van der Waals surface area contributed by atoms with Gasteiger partial charge in [0.2, 0.25) is 0 Å². The molecule has 0 radical (unpaired) electrons. The molecule has 2 rings (SSSR count). The Labute approximate surface area is 166 Å². The van der Waals surface area contributed by atoms with Gasteiger partial charge in [-0.1, -0.05) is 48.0 Å². The number of carbonyl (C=O) groups excluding carboxylic acids is 1. The highest BCUT2D eigenvalue weighted by Gasteiger charge is 2.30. The first-order chi connectivity index (χ1) is 12.8. The summed E-state index contributed by atoms with van der Waals surface area (Å²) in [6.07, 6.45) is 0. The van der Waals surface area contributed by atoms with Crippen molar-refractivity contribution in [3.8, 4) is 0 Å². The lowest BCUT2D eigenvalue weighted by Gasteiger charge is -2.27. The molecule has 1 atom stereocenters. The van der Waals surface area contributed by atoms with Crippen molar-refractivity contribution in [2.24, 2.45) is 0 Å². The average molecular weight is 387 g/mol. The third-order valence-corrected chi connectivity index (χ3v) is 4.38. The second-order valence-corrected chi connectivity index (χ2v) is 7.63. The van der Waals surface area contributed by atoms with E-state index in [0.29, 0.717) is 11.3 Å². The van der Waals surface area contributed by atoms with Crippen LogP contribution in [0, 0.1) is 13.8 Å². The summed E-state index contributed by atoms with van der Waals surface area (Å²) in [6, 6.07) is 15.2. The number of methoxy groups -OCH3 is 1. The molecule has 2 aromatic rings. The van der Waals surface area contributed by atoms with E-state index in [1.165, 1.54) is 0 Å². The van der Waals surface area contributed by atoms with E-state index in [0.717, 1.165) is 16.7 Å². The molecule has 0 N–H and O–H groups in total. The zero-order chi connectivity index (χ0) is 19.9. The Hall–Kier alpha value is -2.24. The number of benzene rings is 2. The van der Waals surface area contributed by atoms with Crippen LogP contribution in [-0.4, -0.2) is 37.6 Å². The lowest BCUT2D eigenvalue weighted by atomic mass is 10.1. The number of esters is 1. The highest BCUT2D eigenvalue weighted by Crippen LogP contribution is 2.22. The van der Waals surface area contributed by atoms with Gasteiger partial charge >= 0.3 is 5.97 Å². The van der Waals surface area contributed by atoms with E-state index in [-0.39, 0.29) is 19.8 Å². The third kappa shape index (κ3) is 6.45. The zero-order valence-corrected chi connectivity index (χ0v) is 16.9. The predicted octanol–water partition coefficient (Wildman–Crippen LogP) is 4.46. The van der Waals surface area contributed by atoms with Gasteiger partial charge in [-0.25, -0.2) is 4.79 Å². The molecule has 5 heteroatoms. The average Bonchev–Trinajstić information content (AvgIpc) is 2.64. The van der Waals surface area contributed by atoms with Gasteiger partial charge in [-0.15, -0.1) is 0 Å². The van der Waals surface area contributed by atoms with Gasteiger partial charge in [0, 0.05) is 12.7 Å². The SMILES string of the molecule is C=C(OCC(S)(COC)COC(=O)c1cccc(C)c1)c1cccc(C)c1. The Morgan fingerprint density at radius 3 is 2.11 bits per heavy atom. The summed E-state index contributed by atoms with van der Waals surface area (Å²) in [5.41, 5.74) is 3.53. The molecular formula is C22H26O4S. The molecule has 0 saturated heterocycles. The van der Waals surface area contributed by atoms with Gasteiger partial charge in [0.05, 0.1) is 12.2 Å². The van der Waals surface area contributed by atoms with E-state index in [1.807, 2.05) is 50.2 Å². The van der Waals surface area contributed by atoms with Gasteiger partial charge < -0.3 is 14.2 Å². The van der Waals surface area contributed by atoms with E-state index in [1.54, 1.807) is 19.2 Å². The van der Waals surface area contributed by atoms with Crippen molar-refractivity contribution < 1.29 is 19.0 Å². The summed E-state index contributed by atoms with van der Waals surface area (Å²) in [6.45, 7) is 8.42. The summed E-state index contributed by atoms with van der Waals surface area (Å²) in [7, 11) is 1.57. The highest BCUT2D eigenvalue weighted by molar-refractivity contribution is 7.81. The largest absolute Gasteiger partial charge is 0.492 e. The number of hydrogen-bond acceptors (Lipinski definition) is 5. The van der Waals surface area contributed by atoms with Crippen LogP contribution in [0.1, 0.15) is 27.0 Å². The molecule has 0 fully saturated rings. The Kier molecular flexibility index (Phi) is 7.51. The number of aryl methyl sites for hydroxylation is 2. The molecule has 0 bridgehead atoms. The van der Waals surface area contributed by atoms with Crippen molar-refractivity contribution in [1.29, 1.82) is 0 Å². The fraction of sp³-hybridized carbons (Fsp3) is 0.318. The van der Waals surface area contributed by atoms with Crippen LogP contribution >= 0.6 is 12.6 Å². The van der Waals surface area contributed by atoms with E-state index in [9.17, 15) is 4.79 Å². The van der Waals surface area contributed by atoms with E-state index in [2.05, 4.69) is 19.2 Å². The maximum atomic E-state index is 12.3. The summed E-state index contributed by atoms with van der Waals surface area (Å²) in [5, 5.41) is 0.